The van der Waals surface area contributed by atoms with Crippen molar-refractivity contribution in [3.63, 3.8) is 0 Å². The number of anilines is 1. The normalized spacial score (nSPS) is 10.6. The van der Waals surface area contributed by atoms with E-state index in [-0.39, 0.29) is 27.8 Å². The van der Waals surface area contributed by atoms with Gasteiger partial charge in [-0.05, 0) is 44.2 Å². The third-order valence-corrected chi connectivity index (χ3v) is 5.26. The number of hydrogen-bond acceptors (Lipinski definition) is 6. The minimum atomic E-state index is -0.863. The van der Waals surface area contributed by atoms with Crippen LogP contribution in [-0.2, 0) is 9.53 Å². The van der Waals surface area contributed by atoms with E-state index in [1.165, 1.54) is 29.2 Å². The van der Waals surface area contributed by atoms with Crippen LogP contribution < -0.4 is 4.90 Å². The quantitative estimate of drug-likeness (QED) is 0.193. The van der Waals surface area contributed by atoms with E-state index in [0.29, 0.717) is 5.69 Å². The molecule has 0 aliphatic carbocycles. The van der Waals surface area contributed by atoms with Crippen LogP contribution >= 0.6 is 11.6 Å². The van der Waals surface area contributed by atoms with Gasteiger partial charge in [0.2, 0.25) is 0 Å². The number of carbonyl (C=O) groups is 3. The van der Waals surface area contributed by atoms with E-state index in [0.717, 1.165) is 6.07 Å². The zero-order valence-corrected chi connectivity index (χ0v) is 19.2. The van der Waals surface area contributed by atoms with Gasteiger partial charge in [-0.25, -0.2) is 4.79 Å². The second-order valence-corrected chi connectivity index (χ2v) is 7.97. The summed E-state index contributed by atoms with van der Waals surface area (Å²) in [5.41, 5.74) is 0.155. The van der Waals surface area contributed by atoms with E-state index in [4.69, 9.17) is 16.3 Å². The Bertz CT molecular complexity index is 1240. The highest BCUT2D eigenvalue weighted by molar-refractivity contribution is 6.33. The predicted molar refractivity (Wildman–Crippen MR) is 127 cm³/mol. The number of amides is 1. The van der Waals surface area contributed by atoms with E-state index in [2.05, 4.69) is 0 Å². The van der Waals surface area contributed by atoms with Gasteiger partial charge >= 0.3 is 5.97 Å². The number of rotatable bonds is 8. The zero-order valence-electron chi connectivity index (χ0n) is 18.4. The average molecular weight is 481 g/mol. The number of ether oxygens (including phenoxy) is 1. The number of ketones is 1. The Morgan fingerprint density at radius 2 is 1.59 bits per heavy atom. The molecule has 0 bridgehead atoms. The molecule has 0 atom stereocenters. The second-order valence-electron chi connectivity index (χ2n) is 7.57. The fraction of sp³-hybridized carbons (Fsp3) is 0.160. The summed E-state index contributed by atoms with van der Waals surface area (Å²) < 4.78 is 5.24. The largest absolute Gasteiger partial charge is 0.452 e. The van der Waals surface area contributed by atoms with Gasteiger partial charge in [0.25, 0.3) is 11.6 Å². The Kier molecular flexibility index (Phi) is 7.75. The lowest BCUT2D eigenvalue weighted by Gasteiger charge is -2.26. The first-order valence-corrected chi connectivity index (χ1v) is 10.7. The smallest absolute Gasteiger partial charge is 0.339 e. The molecule has 0 N–H and O–H groups in total. The van der Waals surface area contributed by atoms with Gasteiger partial charge in [-0.3, -0.25) is 19.7 Å². The summed E-state index contributed by atoms with van der Waals surface area (Å²) in [6.45, 7) is 3.15. The summed E-state index contributed by atoms with van der Waals surface area (Å²) in [6, 6.07) is 18.3. The molecule has 0 aromatic heterocycles. The summed E-state index contributed by atoms with van der Waals surface area (Å²) in [5, 5.41) is 11.1. The number of halogens is 1. The number of para-hydroxylation sites is 1. The van der Waals surface area contributed by atoms with Crippen LogP contribution in [0.25, 0.3) is 0 Å². The Morgan fingerprint density at radius 3 is 2.21 bits per heavy atom. The number of nitro benzene ring substituents is 1. The van der Waals surface area contributed by atoms with Crippen molar-refractivity contribution in [3.05, 3.63) is 105 Å². The first-order valence-electron chi connectivity index (χ1n) is 10.3. The number of hydrogen-bond donors (Lipinski definition) is 0. The number of esters is 1. The van der Waals surface area contributed by atoms with Crippen molar-refractivity contribution in [1.82, 2.24) is 0 Å². The topological polar surface area (TPSA) is 107 Å². The molecule has 1 amide bonds. The third-order valence-electron chi connectivity index (χ3n) is 4.94. The first kappa shape index (κ1) is 24.6. The van der Waals surface area contributed by atoms with Crippen LogP contribution in [-0.4, -0.2) is 35.2 Å². The number of nitro groups is 1. The van der Waals surface area contributed by atoms with Crippen LogP contribution in [0.5, 0.6) is 0 Å². The minimum absolute atomic E-state index is 0.0116. The standard InChI is InChI=1S/C25H21ClN2O6/c1-16(2)27(18-8-4-3-5-9-18)23(29)15-34-25(31)20-11-7-6-10-19(20)24(30)17-12-13-21(26)22(14-17)28(32)33/h3-14,16H,15H2,1-2H3. The molecule has 3 rings (SSSR count). The summed E-state index contributed by atoms with van der Waals surface area (Å²) in [6.07, 6.45) is 0. The average Bonchev–Trinajstić information content (AvgIpc) is 2.82. The first-order chi connectivity index (χ1) is 16.2. The van der Waals surface area contributed by atoms with E-state index >= 15 is 0 Å². The second kappa shape index (κ2) is 10.7. The Balaban J connectivity index is 1.81. The lowest BCUT2D eigenvalue weighted by Crippen LogP contribution is -2.40. The van der Waals surface area contributed by atoms with E-state index < -0.39 is 34.9 Å². The lowest BCUT2D eigenvalue weighted by molar-refractivity contribution is -0.384. The fourth-order valence-electron chi connectivity index (χ4n) is 3.40. The Labute approximate surface area is 200 Å². The molecule has 3 aromatic carbocycles. The van der Waals surface area contributed by atoms with Crippen LogP contribution in [0, 0.1) is 10.1 Å². The molecule has 9 heteroatoms. The van der Waals surface area contributed by atoms with Crippen LogP contribution in [0.2, 0.25) is 5.02 Å². The van der Waals surface area contributed by atoms with Gasteiger partial charge in [0, 0.05) is 28.9 Å². The molecule has 0 unspecified atom stereocenters. The van der Waals surface area contributed by atoms with Crippen molar-refractivity contribution >= 4 is 40.6 Å². The van der Waals surface area contributed by atoms with Crippen LogP contribution in [0.1, 0.15) is 40.1 Å². The highest BCUT2D eigenvalue weighted by atomic mass is 35.5. The number of carbonyl (C=O) groups excluding carboxylic acids is 3. The molecule has 0 aliphatic heterocycles. The zero-order chi connectivity index (χ0) is 24.8. The van der Waals surface area contributed by atoms with E-state index in [1.54, 1.807) is 36.4 Å². The van der Waals surface area contributed by atoms with Gasteiger partial charge in [-0.1, -0.05) is 48.0 Å². The third kappa shape index (κ3) is 5.47. The predicted octanol–water partition coefficient (Wildman–Crippen LogP) is 5.08. The molecule has 0 aliphatic rings. The molecule has 0 fully saturated rings. The molecule has 8 nitrogen and oxygen atoms in total. The van der Waals surface area contributed by atoms with E-state index in [1.807, 2.05) is 19.9 Å². The molecule has 34 heavy (non-hydrogen) atoms. The maximum Gasteiger partial charge on any atom is 0.339 e. The van der Waals surface area contributed by atoms with Gasteiger partial charge in [-0.2, -0.15) is 0 Å². The number of nitrogens with zero attached hydrogens (tertiary/aromatic N) is 2. The van der Waals surface area contributed by atoms with Crippen molar-refractivity contribution in [3.8, 4) is 0 Å². The molecule has 0 saturated heterocycles. The summed E-state index contributed by atoms with van der Waals surface area (Å²) in [4.78, 5) is 50.6. The maximum atomic E-state index is 13.0. The Morgan fingerprint density at radius 1 is 0.971 bits per heavy atom. The summed E-state index contributed by atoms with van der Waals surface area (Å²) in [5.74, 6) is -1.91. The highest BCUT2D eigenvalue weighted by Gasteiger charge is 2.24. The maximum absolute atomic E-state index is 13.0. The minimum Gasteiger partial charge on any atom is -0.452 e. The van der Waals surface area contributed by atoms with Crippen LogP contribution in [0.4, 0.5) is 11.4 Å². The van der Waals surface area contributed by atoms with Crippen LogP contribution in [0.3, 0.4) is 0 Å². The monoisotopic (exact) mass is 480 g/mol. The van der Waals surface area contributed by atoms with Gasteiger partial charge in [0.1, 0.15) is 5.02 Å². The lowest BCUT2D eigenvalue weighted by atomic mass is 9.98. The number of benzene rings is 3. The van der Waals surface area contributed by atoms with Gasteiger partial charge in [0.05, 0.1) is 10.5 Å². The molecular formula is C25H21ClN2O6. The van der Waals surface area contributed by atoms with Crippen LogP contribution in [0.15, 0.2) is 72.8 Å². The highest BCUT2D eigenvalue weighted by Crippen LogP contribution is 2.27. The SMILES string of the molecule is CC(C)N(C(=O)COC(=O)c1ccccc1C(=O)c1ccc(Cl)c([N+](=O)[O-])c1)c1ccccc1. The molecule has 0 radical (unpaired) electrons. The van der Waals surface area contributed by atoms with Crippen molar-refractivity contribution in [2.75, 3.05) is 11.5 Å². The van der Waals surface area contributed by atoms with Gasteiger partial charge < -0.3 is 9.64 Å². The molecule has 0 saturated carbocycles. The summed E-state index contributed by atoms with van der Waals surface area (Å²) in [7, 11) is 0. The van der Waals surface area contributed by atoms with Gasteiger partial charge in [0.15, 0.2) is 12.4 Å². The Hall–Kier alpha value is -4.04. The van der Waals surface area contributed by atoms with E-state index in [9.17, 15) is 24.5 Å². The van der Waals surface area contributed by atoms with Crippen molar-refractivity contribution in [2.24, 2.45) is 0 Å². The summed E-state index contributed by atoms with van der Waals surface area (Å²) >= 11 is 5.82. The van der Waals surface area contributed by atoms with Crippen molar-refractivity contribution in [1.29, 1.82) is 0 Å². The molecule has 174 valence electrons. The molecule has 0 heterocycles. The molecular weight excluding hydrogens is 460 g/mol. The fourth-order valence-corrected chi connectivity index (χ4v) is 3.59. The molecule has 3 aromatic rings. The van der Waals surface area contributed by atoms with Crippen molar-refractivity contribution in [2.45, 2.75) is 19.9 Å². The molecule has 0 spiro atoms. The van der Waals surface area contributed by atoms with Gasteiger partial charge in [-0.15, -0.1) is 0 Å². The van der Waals surface area contributed by atoms with Crippen molar-refractivity contribution < 1.29 is 24.0 Å².